The van der Waals surface area contributed by atoms with Gasteiger partial charge in [0.25, 0.3) is 0 Å². The molecule has 0 aliphatic carbocycles. The van der Waals surface area contributed by atoms with Crippen LogP contribution >= 0.6 is 0 Å². The van der Waals surface area contributed by atoms with Crippen molar-refractivity contribution >= 4 is 24.0 Å². The molecule has 3 atom stereocenters. The standard InChI is InChI=1S/C69H134N2O8/c1-9-17-23-29-32-38-45-62(42-35-26-20-12-4)51-59-76-65(72)48-54-69(70-68(75)79-58-41-57-71(15-7)16-8,55-49-66(73)77-60-52-63(43-36-27-21-13-5)46-39-33-30-24-18-10-2)56-50-67(74)78-61-53-64(44-37-28-22-14-6)47-40-34-31-25-19-11-3/h62-64H,9-61H2,1-8H3,(H,70,75). The molecule has 0 aromatic carbocycles. The summed E-state index contributed by atoms with van der Waals surface area (Å²) in [7, 11) is 0. The zero-order chi connectivity index (χ0) is 58.1. The number of nitrogens with zero attached hydrogens (tertiary/aromatic N) is 1. The highest BCUT2D eigenvalue weighted by Crippen LogP contribution is 2.30. The Bertz CT molecular complexity index is 1230. The second-order valence-corrected chi connectivity index (χ2v) is 24.3. The predicted octanol–water partition coefficient (Wildman–Crippen LogP) is 20.3. The fourth-order valence-corrected chi connectivity index (χ4v) is 11.6. The van der Waals surface area contributed by atoms with Crippen molar-refractivity contribution in [2.45, 2.75) is 356 Å². The Kier molecular flexibility index (Phi) is 55.7. The van der Waals surface area contributed by atoms with Crippen LogP contribution < -0.4 is 5.32 Å². The third-order valence-electron chi connectivity index (χ3n) is 17.2. The van der Waals surface area contributed by atoms with Crippen LogP contribution in [0.3, 0.4) is 0 Å². The van der Waals surface area contributed by atoms with E-state index in [-0.39, 0.29) is 63.0 Å². The summed E-state index contributed by atoms with van der Waals surface area (Å²) in [6.07, 6.45) is 48.1. The maximum Gasteiger partial charge on any atom is 0.407 e. The molecule has 0 heterocycles. The molecule has 10 nitrogen and oxygen atoms in total. The number of unbranched alkanes of at least 4 members (excludes halogenated alkanes) is 24. The van der Waals surface area contributed by atoms with Gasteiger partial charge in [0.2, 0.25) is 0 Å². The van der Waals surface area contributed by atoms with Crippen LogP contribution in [0, 0.1) is 17.8 Å². The Morgan fingerprint density at radius 1 is 0.329 bits per heavy atom. The maximum atomic E-state index is 13.9. The van der Waals surface area contributed by atoms with Crippen molar-refractivity contribution in [3.8, 4) is 0 Å². The average Bonchev–Trinajstić information content (AvgIpc) is 3.45. The van der Waals surface area contributed by atoms with Crippen molar-refractivity contribution in [2.24, 2.45) is 17.8 Å². The van der Waals surface area contributed by atoms with E-state index in [4.69, 9.17) is 18.9 Å². The minimum absolute atomic E-state index is 0.0429. The smallest absolute Gasteiger partial charge is 0.407 e. The molecular weight excluding hydrogens is 985 g/mol. The quantitative estimate of drug-likeness (QED) is 0.0361. The first-order valence-corrected chi connectivity index (χ1v) is 34.7. The number of alkyl carbamates (subject to hydrolysis) is 1. The molecule has 1 N–H and O–H groups in total. The van der Waals surface area contributed by atoms with E-state index in [1.165, 1.54) is 231 Å². The van der Waals surface area contributed by atoms with Crippen molar-refractivity contribution in [1.29, 1.82) is 0 Å². The summed E-state index contributed by atoms with van der Waals surface area (Å²) in [5.41, 5.74) is -1.11. The van der Waals surface area contributed by atoms with Gasteiger partial charge >= 0.3 is 24.0 Å². The van der Waals surface area contributed by atoms with Crippen LogP contribution in [0.25, 0.3) is 0 Å². The van der Waals surface area contributed by atoms with Crippen molar-refractivity contribution in [1.82, 2.24) is 10.2 Å². The lowest BCUT2D eigenvalue weighted by atomic mass is 9.83. The molecule has 3 unspecified atom stereocenters. The van der Waals surface area contributed by atoms with Crippen LogP contribution in [0.2, 0.25) is 0 Å². The molecule has 0 aliphatic rings. The number of hydrogen-bond acceptors (Lipinski definition) is 9. The highest BCUT2D eigenvalue weighted by Gasteiger charge is 2.35. The first-order valence-electron chi connectivity index (χ1n) is 34.7. The molecule has 0 fully saturated rings. The summed E-state index contributed by atoms with van der Waals surface area (Å²) in [6, 6.07) is 0. The lowest BCUT2D eigenvalue weighted by Crippen LogP contribution is -2.50. The van der Waals surface area contributed by atoms with Gasteiger partial charge in [0.05, 0.1) is 26.4 Å². The molecule has 0 saturated heterocycles. The Morgan fingerprint density at radius 2 is 0.595 bits per heavy atom. The van der Waals surface area contributed by atoms with Crippen LogP contribution in [0.4, 0.5) is 4.79 Å². The van der Waals surface area contributed by atoms with E-state index < -0.39 is 11.6 Å². The number of nitrogens with one attached hydrogen (secondary N) is 1. The molecule has 0 radical (unpaired) electrons. The number of amides is 1. The van der Waals surface area contributed by atoms with E-state index >= 15 is 0 Å². The molecule has 0 aromatic rings. The lowest BCUT2D eigenvalue weighted by Gasteiger charge is -2.34. The molecule has 0 aromatic heterocycles. The topological polar surface area (TPSA) is 120 Å². The molecular formula is C69H134N2O8. The Hall–Kier alpha value is -2.36. The zero-order valence-corrected chi connectivity index (χ0v) is 53.9. The highest BCUT2D eigenvalue weighted by atomic mass is 16.6. The molecule has 468 valence electrons. The third kappa shape index (κ3) is 48.8. The molecule has 0 bridgehead atoms. The van der Waals surface area contributed by atoms with Crippen molar-refractivity contribution in [3.05, 3.63) is 0 Å². The summed E-state index contributed by atoms with van der Waals surface area (Å²) in [6.45, 7) is 21.8. The summed E-state index contributed by atoms with van der Waals surface area (Å²) >= 11 is 0. The van der Waals surface area contributed by atoms with E-state index in [1.807, 2.05) is 0 Å². The van der Waals surface area contributed by atoms with Crippen LogP contribution in [-0.2, 0) is 33.3 Å². The van der Waals surface area contributed by atoms with Gasteiger partial charge in [-0.1, -0.05) is 287 Å². The Balaban J connectivity index is 6.40. The molecule has 79 heavy (non-hydrogen) atoms. The third-order valence-corrected chi connectivity index (χ3v) is 17.2. The predicted molar refractivity (Wildman–Crippen MR) is 335 cm³/mol. The molecule has 10 heteroatoms. The van der Waals surface area contributed by atoms with Crippen LogP contribution in [0.15, 0.2) is 0 Å². The van der Waals surface area contributed by atoms with Crippen LogP contribution in [0.5, 0.6) is 0 Å². The lowest BCUT2D eigenvalue weighted by molar-refractivity contribution is -0.144. The molecule has 1 amide bonds. The van der Waals surface area contributed by atoms with E-state index in [0.29, 0.717) is 44.0 Å². The van der Waals surface area contributed by atoms with E-state index in [9.17, 15) is 19.2 Å². The summed E-state index contributed by atoms with van der Waals surface area (Å²) < 4.78 is 23.8. The Morgan fingerprint density at radius 3 is 0.873 bits per heavy atom. The Labute approximate surface area is 490 Å². The number of esters is 3. The SMILES string of the molecule is CCCCCCCCC(CCCCCC)CCOC(=O)CCC(CCC(=O)OCCC(CCCCCC)CCCCCCCC)(CCC(=O)OCCC(CCCCCC)CCCCCCCC)NC(=O)OCCCN(CC)CC. The number of carbonyl (C=O) groups excluding carboxylic acids is 4. The van der Waals surface area contributed by atoms with Crippen LogP contribution in [0.1, 0.15) is 351 Å². The molecule has 0 rings (SSSR count). The summed E-state index contributed by atoms with van der Waals surface area (Å²) in [5.74, 6) is 0.633. The first-order chi connectivity index (χ1) is 38.5. The zero-order valence-electron chi connectivity index (χ0n) is 53.9. The van der Waals surface area contributed by atoms with Crippen LogP contribution in [-0.4, -0.2) is 80.5 Å². The van der Waals surface area contributed by atoms with E-state index in [0.717, 1.165) is 38.9 Å². The number of carbonyl (C=O) groups is 4. The first kappa shape index (κ1) is 76.6. The fourth-order valence-electron chi connectivity index (χ4n) is 11.6. The maximum absolute atomic E-state index is 13.9. The van der Waals surface area contributed by atoms with Gasteiger partial charge in [0.15, 0.2) is 0 Å². The van der Waals surface area contributed by atoms with E-state index in [1.54, 1.807) is 0 Å². The number of rotatable bonds is 61. The fraction of sp³-hybridized carbons (Fsp3) is 0.942. The van der Waals surface area contributed by atoms with Gasteiger partial charge in [-0.15, -0.1) is 0 Å². The average molecular weight is 1120 g/mol. The summed E-state index contributed by atoms with van der Waals surface area (Å²) in [5, 5.41) is 3.16. The number of ether oxygens (including phenoxy) is 4. The van der Waals surface area contributed by atoms with Gasteiger partial charge in [-0.25, -0.2) is 4.79 Å². The largest absolute Gasteiger partial charge is 0.466 e. The minimum atomic E-state index is -1.11. The second kappa shape index (κ2) is 57.5. The molecule has 0 saturated carbocycles. The second-order valence-electron chi connectivity index (χ2n) is 24.3. The monoisotopic (exact) mass is 1120 g/mol. The van der Waals surface area contributed by atoms with Crippen molar-refractivity contribution < 1.29 is 38.1 Å². The van der Waals surface area contributed by atoms with Gasteiger partial charge in [0.1, 0.15) is 0 Å². The normalized spacial score (nSPS) is 13.5. The molecule has 0 aliphatic heterocycles. The van der Waals surface area contributed by atoms with Gasteiger partial charge in [-0.3, -0.25) is 14.4 Å². The summed E-state index contributed by atoms with van der Waals surface area (Å²) in [4.78, 5) is 57.5. The van der Waals surface area contributed by atoms with Crippen molar-refractivity contribution in [3.63, 3.8) is 0 Å². The van der Waals surface area contributed by atoms with Gasteiger partial charge in [-0.2, -0.15) is 0 Å². The molecule has 0 spiro atoms. The minimum Gasteiger partial charge on any atom is -0.466 e. The van der Waals surface area contributed by atoms with Crippen molar-refractivity contribution in [2.75, 3.05) is 46.1 Å². The number of hydrogen-bond donors (Lipinski definition) is 1. The van der Waals surface area contributed by atoms with E-state index in [2.05, 4.69) is 65.6 Å². The van der Waals surface area contributed by atoms with Gasteiger partial charge in [-0.05, 0) is 75.8 Å². The van der Waals surface area contributed by atoms with Gasteiger partial charge < -0.3 is 29.2 Å². The van der Waals surface area contributed by atoms with Gasteiger partial charge in [0, 0.05) is 31.3 Å². The highest BCUT2D eigenvalue weighted by molar-refractivity contribution is 5.73.